The standard InChI is InChI=1S/C15H13N5S/c1-10-9-12(7-8-13(10)14(16)21)20-18-15(17-19-20)11-5-3-2-4-6-11/h2-9H,1H3,(H2,16,21). The molecule has 21 heavy (non-hydrogen) atoms. The van der Waals surface area contributed by atoms with Crippen molar-refractivity contribution in [1.82, 2.24) is 20.2 Å². The van der Waals surface area contributed by atoms with Crippen LogP contribution in [-0.2, 0) is 0 Å². The van der Waals surface area contributed by atoms with Gasteiger partial charge in [-0.05, 0) is 35.9 Å². The van der Waals surface area contributed by atoms with Crippen molar-refractivity contribution >= 4 is 17.2 Å². The Labute approximate surface area is 127 Å². The normalized spacial score (nSPS) is 10.5. The average Bonchev–Trinajstić information content (AvgIpc) is 2.97. The number of aromatic nitrogens is 4. The number of nitrogens with zero attached hydrogens (tertiary/aromatic N) is 4. The molecular weight excluding hydrogens is 282 g/mol. The highest BCUT2D eigenvalue weighted by molar-refractivity contribution is 7.80. The molecule has 1 aromatic heterocycles. The molecule has 104 valence electrons. The van der Waals surface area contributed by atoms with Crippen LogP contribution in [0.25, 0.3) is 17.1 Å². The maximum Gasteiger partial charge on any atom is 0.205 e. The van der Waals surface area contributed by atoms with Crippen LogP contribution in [0.15, 0.2) is 48.5 Å². The molecule has 0 saturated carbocycles. The summed E-state index contributed by atoms with van der Waals surface area (Å²) >= 11 is 5.00. The van der Waals surface area contributed by atoms with Crippen molar-refractivity contribution in [3.63, 3.8) is 0 Å². The second-order valence-corrected chi connectivity index (χ2v) is 5.07. The van der Waals surface area contributed by atoms with E-state index in [0.717, 1.165) is 22.4 Å². The molecule has 0 saturated heterocycles. The minimum atomic E-state index is 0.385. The van der Waals surface area contributed by atoms with E-state index in [-0.39, 0.29) is 0 Å². The van der Waals surface area contributed by atoms with Gasteiger partial charge in [-0.15, -0.1) is 15.0 Å². The number of tetrazole rings is 1. The van der Waals surface area contributed by atoms with Gasteiger partial charge in [-0.25, -0.2) is 0 Å². The third-order valence-electron chi connectivity index (χ3n) is 3.15. The van der Waals surface area contributed by atoms with Crippen molar-refractivity contribution in [1.29, 1.82) is 0 Å². The molecule has 0 atom stereocenters. The Bertz CT molecular complexity index is 795. The fourth-order valence-corrected chi connectivity index (χ4v) is 2.30. The molecule has 0 amide bonds. The number of nitrogens with two attached hydrogens (primary N) is 1. The van der Waals surface area contributed by atoms with Crippen molar-refractivity contribution in [3.05, 3.63) is 59.7 Å². The largest absolute Gasteiger partial charge is 0.389 e. The molecule has 0 aliphatic rings. The highest BCUT2D eigenvalue weighted by atomic mass is 32.1. The van der Waals surface area contributed by atoms with E-state index >= 15 is 0 Å². The lowest BCUT2D eigenvalue weighted by Gasteiger charge is -2.05. The minimum absolute atomic E-state index is 0.385. The lowest BCUT2D eigenvalue weighted by Crippen LogP contribution is -2.11. The Morgan fingerprint density at radius 1 is 1.14 bits per heavy atom. The summed E-state index contributed by atoms with van der Waals surface area (Å²) in [7, 11) is 0. The van der Waals surface area contributed by atoms with Gasteiger partial charge in [0.25, 0.3) is 0 Å². The van der Waals surface area contributed by atoms with E-state index in [2.05, 4.69) is 15.4 Å². The highest BCUT2D eigenvalue weighted by Crippen LogP contribution is 2.16. The molecule has 0 spiro atoms. The van der Waals surface area contributed by atoms with Crippen LogP contribution in [0.2, 0.25) is 0 Å². The van der Waals surface area contributed by atoms with Crippen molar-refractivity contribution in [2.75, 3.05) is 0 Å². The molecule has 3 rings (SSSR count). The molecule has 0 radical (unpaired) electrons. The summed E-state index contributed by atoms with van der Waals surface area (Å²) in [6.07, 6.45) is 0. The number of aryl methyl sites for hydroxylation is 1. The van der Waals surface area contributed by atoms with Crippen molar-refractivity contribution in [3.8, 4) is 17.1 Å². The van der Waals surface area contributed by atoms with E-state index in [4.69, 9.17) is 18.0 Å². The quantitative estimate of drug-likeness (QED) is 0.751. The SMILES string of the molecule is Cc1cc(-n2nnc(-c3ccccc3)n2)ccc1C(N)=S. The summed E-state index contributed by atoms with van der Waals surface area (Å²) < 4.78 is 0. The second kappa shape index (κ2) is 5.41. The molecule has 3 aromatic rings. The first kappa shape index (κ1) is 13.4. The predicted octanol–water partition coefficient (Wildman–Crippen LogP) is 2.27. The molecule has 2 N–H and O–H groups in total. The zero-order chi connectivity index (χ0) is 14.8. The zero-order valence-corrected chi connectivity index (χ0v) is 12.2. The van der Waals surface area contributed by atoms with E-state index in [1.165, 1.54) is 4.80 Å². The topological polar surface area (TPSA) is 69.6 Å². The summed E-state index contributed by atoms with van der Waals surface area (Å²) in [6.45, 7) is 1.95. The highest BCUT2D eigenvalue weighted by Gasteiger charge is 2.09. The lowest BCUT2D eigenvalue weighted by molar-refractivity contribution is 0.719. The van der Waals surface area contributed by atoms with Gasteiger partial charge in [0.1, 0.15) is 4.99 Å². The van der Waals surface area contributed by atoms with E-state index in [0.29, 0.717) is 10.8 Å². The van der Waals surface area contributed by atoms with Crippen LogP contribution < -0.4 is 5.73 Å². The lowest BCUT2D eigenvalue weighted by atomic mass is 10.1. The van der Waals surface area contributed by atoms with Gasteiger partial charge in [-0.1, -0.05) is 42.5 Å². The van der Waals surface area contributed by atoms with Gasteiger partial charge in [-0.2, -0.15) is 0 Å². The molecule has 0 aliphatic carbocycles. The monoisotopic (exact) mass is 295 g/mol. The molecule has 0 fully saturated rings. The number of thiocarbonyl (C=S) groups is 1. The van der Waals surface area contributed by atoms with Gasteiger partial charge in [0, 0.05) is 11.1 Å². The summed E-state index contributed by atoms with van der Waals surface area (Å²) in [4.78, 5) is 1.88. The van der Waals surface area contributed by atoms with Gasteiger partial charge < -0.3 is 5.73 Å². The van der Waals surface area contributed by atoms with Crippen LogP contribution in [0.3, 0.4) is 0 Å². The van der Waals surface area contributed by atoms with Gasteiger partial charge >= 0.3 is 0 Å². The van der Waals surface area contributed by atoms with Crippen LogP contribution in [0.5, 0.6) is 0 Å². The van der Waals surface area contributed by atoms with Crippen molar-refractivity contribution in [2.24, 2.45) is 5.73 Å². The van der Waals surface area contributed by atoms with Gasteiger partial charge in [0.15, 0.2) is 0 Å². The Morgan fingerprint density at radius 3 is 2.57 bits per heavy atom. The van der Waals surface area contributed by atoms with Gasteiger partial charge in [0.05, 0.1) is 5.69 Å². The first-order valence-electron chi connectivity index (χ1n) is 6.41. The van der Waals surface area contributed by atoms with Crippen LogP contribution in [0.4, 0.5) is 0 Å². The van der Waals surface area contributed by atoms with Crippen LogP contribution >= 0.6 is 12.2 Å². The fraction of sp³-hybridized carbons (Fsp3) is 0.0667. The second-order valence-electron chi connectivity index (χ2n) is 4.63. The molecule has 1 heterocycles. The molecule has 5 nitrogen and oxygen atoms in total. The molecule has 0 bridgehead atoms. The summed E-state index contributed by atoms with van der Waals surface area (Å²) in [5.41, 5.74) is 9.26. The number of benzene rings is 2. The molecule has 2 aromatic carbocycles. The Morgan fingerprint density at radius 2 is 1.90 bits per heavy atom. The molecule has 0 aliphatic heterocycles. The zero-order valence-electron chi connectivity index (χ0n) is 11.4. The van der Waals surface area contributed by atoms with E-state index in [1.807, 2.05) is 55.5 Å². The van der Waals surface area contributed by atoms with E-state index in [1.54, 1.807) is 0 Å². The predicted molar refractivity (Wildman–Crippen MR) is 85.2 cm³/mol. The average molecular weight is 295 g/mol. The van der Waals surface area contributed by atoms with Crippen LogP contribution in [0.1, 0.15) is 11.1 Å². The smallest absolute Gasteiger partial charge is 0.205 e. The Kier molecular flexibility index (Phi) is 3.45. The van der Waals surface area contributed by atoms with Crippen LogP contribution in [-0.4, -0.2) is 25.2 Å². The van der Waals surface area contributed by atoms with Crippen molar-refractivity contribution < 1.29 is 0 Å². The summed E-state index contributed by atoms with van der Waals surface area (Å²) in [6, 6.07) is 15.4. The van der Waals surface area contributed by atoms with Crippen molar-refractivity contribution in [2.45, 2.75) is 6.92 Å². The Balaban J connectivity index is 1.97. The minimum Gasteiger partial charge on any atom is -0.389 e. The third kappa shape index (κ3) is 2.66. The van der Waals surface area contributed by atoms with E-state index < -0.39 is 0 Å². The van der Waals surface area contributed by atoms with Gasteiger partial charge in [-0.3, -0.25) is 0 Å². The first-order valence-corrected chi connectivity index (χ1v) is 6.82. The van der Waals surface area contributed by atoms with E-state index in [9.17, 15) is 0 Å². The molecule has 0 unspecified atom stereocenters. The summed E-state index contributed by atoms with van der Waals surface area (Å²) in [5.74, 6) is 0.590. The summed E-state index contributed by atoms with van der Waals surface area (Å²) in [5, 5.41) is 12.6. The molecule has 6 heteroatoms. The third-order valence-corrected chi connectivity index (χ3v) is 3.37. The first-order chi connectivity index (χ1) is 10.1. The maximum atomic E-state index is 5.66. The number of hydrogen-bond donors (Lipinski definition) is 1. The molecular formula is C15H13N5S. The fourth-order valence-electron chi connectivity index (χ4n) is 2.08. The van der Waals surface area contributed by atoms with Crippen LogP contribution in [0, 0.1) is 6.92 Å². The van der Waals surface area contributed by atoms with Gasteiger partial charge in [0.2, 0.25) is 5.82 Å². The Hall–Kier alpha value is -2.60. The number of hydrogen-bond acceptors (Lipinski definition) is 4. The maximum absolute atomic E-state index is 5.66. The number of rotatable bonds is 3.